The van der Waals surface area contributed by atoms with E-state index in [1.54, 1.807) is 19.1 Å². The average molecular weight is 376 g/mol. The van der Waals surface area contributed by atoms with E-state index in [1.165, 1.54) is 24.5 Å². The number of fused-ring (bicyclic) bond motifs is 1. The zero-order chi connectivity index (χ0) is 19.5. The standard InChI is InChI=1S/C21H17FN4O2/c1-14(28-17-7-4-6-16(22)11-17)21(27)25-19-12-20(24-13-23-19)26-10-9-15-5-2-3-8-18(15)26/h2-14H,1H3,(H,23,24,25,27)/t14-/m1/s1. The first-order chi connectivity index (χ1) is 13.6. The van der Waals surface area contributed by atoms with Crippen LogP contribution in [0, 0.1) is 5.82 Å². The molecule has 2 aromatic carbocycles. The molecule has 7 heteroatoms. The van der Waals surface area contributed by atoms with Gasteiger partial charge < -0.3 is 14.6 Å². The van der Waals surface area contributed by atoms with E-state index in [9.17, 15) is 9.18 Å². The molecule has 0 spiro atoms. The van der Waals surface area contributed by atoms with Crippen LogP contribution in [0.1, 0.15) is 6.92 Å². The van der Waals surface area contributed by atoms with Crippen molar-refractivity contribution in [3.63, 3.8) is 0 Å². The number of anilines is 1. The Kier molecular flexibility index (Phi) is 4.72. The number of halogens is 1. The summed E-state index contributed by atoms with van der Waals surface area (Å²) in [5, 5.41) is 3.79. The molecule has 1 amide bonds. The van der Waals surface area contributed by atoms with Gasteiger partial charge in [-0.2, -0.15) is 0 Å². The summed E-state index contributed by atoms with van der Waals surface area (Å²) < 4.78 is 20.7. The van der Waals surface area contributed by atoms with Crippen LogP contribution in [0.5, 0.6) is 5.75 Å². The molecule has 0 fully saturated rings. The maximum Gasteiger partial charge on any atom is 0.266 e. The number of benzene rings is 2. The zero-order valence-corrected chi connectivity index (χ0v) is 15.0. The summed E-state index contributed by atoms with van der Waals surface area (Å²) >= 11 is 0. The van der Waals surface area contributed by atoms with Gasteiger partial charge in [-0.25, -0.2) is 14.4 Å². The van der Waals surface area contributed by atoms with Crippen LogP contribution < -0.4 is 10.1 Å². The van der Waals surface area contributed by atoms with Crippen LogP contribution in [0.4, 0.5) is 10.2 Å². The number of rotatable bonds is 5. The number of nitrogens with zero attached hydrogens (tertiary/aromatic N) is 3. The molecule has 0 aliphatic rings. The maximum absolute atomic E-state index is 13.3. The fourth-order valence-electron chi connectivity index (χ4n) is 2.86. The van der Waals surface area contributed by atoms with Crippen molar-refractivity contribution in [1.82, 2.24) is 14.5 Å². The predicted molar refractivity (Wildman–Crippen MR) is 104 cm³/mol. The molecule has 2 aromatic heterocycles. The summed E-state index contributed by atoms with van der Waals surface area (Å²) in [6.45, 7) is 1.59. The molecule has 2 heterocycles. The van der Waals surface area contributed by atoms with Crippen LogP contribution >= 0.6 is 0 Å². The van der Waals surface area contributed by atoms with Gasteiger partial charge in [0.05, 0.1) is 5.52 Å². The summed E-state index contributed by atoms with van der Waals surface area (Å²) in [5.74, 6) is 0.438. The quantitative estimate of drug-likeness (QED) is 0.572. The Morgan fingerprint density at radius 3 is 2.82 bits per heavy atom. The Bertz CT molecular complexity index is 1140. The van der Waals surface area contributed by atoms with Gasteiger partial charge in [-0.3, -0.25) is 4.79 Å². The molecule has 0 aliphatic heterocycles. The van der Waals surface area contributed by atoms with Crippen molar-refractivity contribution < 1.29 is 13.9 Å². The van der Waals surface area contributed by atoms with Gasteiger partial charge in [-0.15, -0.1) is 0 Å². The van der Waals surface area contributed by atoms with Crippen LogP contribution in [-0.2, 0) is 4.79 Å². The average Bonchev–Trinajstić information content (AvgIpc) is 3.12. The van der Waals surface area contributed by atoms with Gasteiger partial charge in [0.15, 0.2) is 6.10 Å². The van der Waals surface area contributed by atoms with Crippen LogP contribution in [0.3, 0.4) is 0 Å². The van der Waals surface area contributed by atoms with Gasteiger partial charge in [0, 0.05) is 18.3 Å². The van der Waals surface area contributed by atoms with E-state index >= 15 is 0 Å². The lowest BCUT2D eigenvalue weighted by Gasteiger charge is -2.14. The van der Waals surface area contributed by atoms with Crippen LogP contribution in [0.15, 0.2) is 73.2 Å². The Labute approximate surface area is 160 Å². The fourth-order valence-corrected chi connectivity index (χ4v) is 2.86. The highest BCUT2D eigenvalue weighted by molar-refractivity contribution is 5.93. The number of amides is 1. The van der Waals surface area contributed by atoms with Crippen molar-refractivity contribution in [2.75, 3.05) is 5.32 Å². The molecule has 1 N–H and O–H groups in total. The molecule has 0 bridgehead atoms. The highest BCUT2D eigenvalue weighted by Crippen LogP contribution is 2.20. The van der Waals surface area contributed by atoms with Crippen molar-refractivity contribution in [2.45, 2.75) is 13.0 Å². The minimum Gasteiger partial charge on any atom is -0.481 e. The lowest BCUT2D eigenvalue weighted by atomic mass is 10.2. The molecular weight excluding hydrogens is 359 g/mol. The molecule has 28 heavy (non-hydrogen) atoms. The second-order valence-electron chi connectivity index (χ2n) is 6.21. The number of hydrogen-bond acceptors (Lipinski definition) is 4. The topological polar surface area (TPSA) is 69.0 Å². The monoisotopic (exact) mass is 376 g/mol. The van der Waals surface area contributed by atoms with Gasteiger partial charge in [0.25, 0.3) is 5.91 Å². The molecule has 0 radical (unpaired) electrons. The summed E-state index contributed by atoms with van der Waals surface area (Å²) in [7, 11) is 0. The largest absolute Gasteiger partial charge is 0.481 e. The Morgan fingerprint density at radius 2 is 1.96 bits per heavy atom. The van der Waals surface area contributed by atoms with E-state index in [4.69, 9.17) is 4.74 Å². The first-order valence-corrected chi connectivity index (χ1v) is 8.72. The van der Waals surface area contributed by atoms with Crippen LogP contribution in [0.2, 0.25) is 0 Å². The highest BCUT2D eigenvalue weighted by atomic mass is 19.1. The Balaban J connectivity index is 1.51. The van der Waals surface area contributed by atoms with Crippen LogP contribution in [-0.4, -0.2) is 26.5 Å². The molecule has 0 unspecified atom stereocenters. The molecule has 4 aromatic rings. The first kappa shape index (κ1) is 17.7. The van der Waals surface area contributed by atoms with E-state index in [2.05, 4.69) is 15.3 Å². The van der Waals surface area contributed by atoms with Gasteiger partial charge >= 0.3 is 0 Å². The van der Waals surface area contributed by atoms with E-state index in [0.717, 1.165) is 10.9 Å². The van der Waals surface area contributed by atoms with E-state index in [-0.39, 0.29) is 5.75 Å². The van der Waals surface area contributed by atoms with Gasteiger partial charge in [-0.1, -0.05) is 24.3 Å². The van der Waals surface area contributed by atoms with Crippen LogP contribution in [0.25, 0.3) is 16.7 Å². The first-order valence-electron chi connectivity index (χ1n) is 8.72. The summed E-state index contributed by atoms with van der Waals surface area (Å²) in [5.41, 5.74) is 1.00. The summed E-state index contributed by atoms with van der Waals surface area (Å²) in [4.78, 5) is 20.8. The van der Waals surface area contributed by atoms with Crippen molar-refractivity contribution in [3.8, 4) is 11.6 Å². The predicted octanol–water partition coefficient (Wildman–Crippen LogP) is 3.97. The van der Waals surface area contributed by atoms with Crippen molar-refractivity contribution in [3.05, 3.63) is 79.0 Å². The Morgan fingerprint density at radius 1 is 1.11 bits per heavy atom. The number of carbonyl (C=O) groups is 1. The van der Waals surface area contributed by atoms with Crippen molar-refractivity contribution >= 4 is 22.6 Å². The minimum absolute atomic E-state index is 0.282. The smallest absolute Gasteiger partial charge is 0.266 e. The lowest BCUT2D eigenvalue weighted by Crippen LogP contribution is -2.30. The second-order valence-corrected chi connectivity index (χ2v) is 6.21. The molecule has 6 nitrogen and oxygen atoms in total. The molecular formula is C21H17FN4O2. The third kappa shape index (κ3) is 3.68. The molecule has 4 rings (SSSR count). The number of hydrogen-bond donors (Lipinski definition) is 1. The zero-order valence-electron chi connectivity index (χ0n) is 15.0. The van der Waals surface area contributed by atoms with Crippen molar-refractivity contribution in [2.24, 2.45) is 0 Å². The normalized spacial score (nSPS) is 11.9. The van der Waals surface area contributed by atoms with Crippen molar-refractivity contribution in [1.29, 1.82) is 0 Å². The van der Waals surface area contributed by atoms with E-state index in [0.29, 0.717) is 11.6 Å². The van der Waals surface area contributed by atoms with E-state index in [1.807, 2.05) is 41.1 Å². The second kappa shape index (κ2) is 7.48. The molecule has 0 saturated carbocycles. The van der Waals surface area contributed by atoms with Gasteiger partial charge in [0.2, 0.25) is 0 Å². The lowest BCUT2D eigenvalue weighted by molar-refractivity contribution is -0.122. The number of carbonyl (C=O) groups excluding carboxylic acids is 1. The SMILES string of the molecule is C[C@@H](Oc1cccc(F)c1)C(=O)Nc1cc(-n2ccc3ccccc32)ncn1. The fraction of sp³-hybridized carbons (Fsp3) is 0.0952. The third-order valence-corrected chi connectivity index (χ3v) is 4.23. The molecule has 140 valence electrons. The minimum atomic E-state index is -0.826. The van der Waals surface area contributed by atoms with Gasteiger partial charge in [-0.05, 0) is 36.6 Å². The van der Waals surface area contributed by atoms with Gasteiger partial charge in [0.1, 0.15) is 29.5 Å². The maximum atomic E-state index is 13.3. The number of nitrogens with one attached hydrogen (secondary N) is 1. The number of ether oxygens (including phenoxy) is 1. The highest BCUT2D eigenvalue weighted by Gasteiger charge is 2.16. The molecule has 1 atom stereocenters. The Hall–Kier alpha value is -3.74. The third-order valence-electron chi connectivity index (χ3n) is 4.23. The molecule has 0 aliphatic carbocycles. The van der Waals surface area contributed by atoms with E-state index < -0.39 is 17.8 Å². The number of para-hydroxylation sites is 1. The number of aromatic nitrogens is 3. The molecule has 0 saturated heterocycles. The summed E-state index contributed by atoms with van der Waals surface area (Å²) in [6, 6.07) is 17.2. The summed E-state index contributed by atoms with van der Waals surface area (Å²) in [6.07, 6.45) is 2.47.